The number of nitrogens with zero attached hydrogens (tertiary/aromatic N) is 2. The van der Waals surface area contributed by atoms with Crippen LogP contribution in [0.4, 0.5) is 18.9 Å². The maximum absolute atomic E-state index is 14.6. The van der Waals surface area contributed by atoms with E-state index in [0.717, 1.165) is 17.7 Å². The van der Waals surface area contributed by atoms with Gasteiger partial charge in [0, 0.05) is 19.5 Å². The predicted molar refractivity (Wildman–Crippen MR) is 191 cm³/mol. The molecule has 14 heteroatoms. The fourth-order valence-corrected chi connectivity index (χ4v) is 7.01. The van der Waals surface area contributed by atoms with Gasteiger partial charge in [-0.05, 0) is 66.4 Å². The van der Waals surface area contributed by atoms with Gasteiger partial charge in [-0.2, -0.15) is 13.2 Å². The number of anilines is 1. The Morgan fingerprint density at radius 1 is 0.820 bits per heavy atom. The number of hydrogen-bond donors (Lipinski definition) is 1. The molecule has 2 amide bonds. The smallest absolute Gasteiger partial charge is 0.354 e. The van der Waals surface area contributed by atoms with Gasteiger partial charge < -0.3 is 10.2 Å². The average Bonchev–Trinajstić information content (AvgIpc) is 3.06. The maximum Gasteiger partial charge on any atom is 0.417 e. The highest BCUT2D eigenvalue weighted by molar-refractivity contribution is 7.92. The summed E-state index contributed by atoms with van der Waals surface area (Å²) in [7, 11) is -4.65. The lowest BCUT2D eigenvalue weighted by Crippen LogP contribution is -2.53. The predicted octanol–water partition coefficient (Wildman–Crippen LogP) is 8.58. The van der Waals surface area contributed by atoms with Gasteiger partial charge >= 0.3 is 6.18 Å². The maximum atomic E-state index is 14.6. The van der Waals surface area contributed by atoms with Crippen molar-refractivity contribution in [2.24, 2.45) is 5.92 Å². The van der Waals surface area contributed by atoms with Gasteiger partial charge in [-0.3, -0.25) is 13.9 Å². The summed E-state index contributed by atoms with van der Waals surface area (Å²) in [5.41, 5.74) is 0.188. The van der Waals surface area contributed by atoms with Crippen LogP contribution in [0.2, 0.25) is 15.1 Å². The standard InChI is InChI=1S/C36H35Cl3F3N3O4S/c1-23(2)20-43-35(47)33(18-25-7-5-4-6-8-25)44(21-26-11-15-31(38)32(39)17-26)34(46)22-45(50(48,49)28-13-9-24(3)10-14-28)27-12-16-30(37)29(19-27)36(40,41)42/h4-17,19,23,33H,18,20-22H2,1-3H3,(H,43,47)/t33-/m1/s1. The Hall–Kier alpha value is -3.77. The highest BCUT2D eigenvalue weighted by Gasteiger charge is 2.37. The van der Waals surface area contributed by atoms with Crippen molar-refractivity contribution in [3.8, 4) is 0 Å². The molecule has 4 rings (SSSR count). The van der Waals surface area contributed by atoms with Crippen molar-refractivity contribution >= 4 is 62.3 Å². The van der Waals surface area contributed by atoms with E-state index in [9.17, 15) is 31.2 Å². The molecule has 0 heterocycles. The minimum Gasteiger partial charge on any atom is -0.354 e. The summed E-state index contributed by atoms with van der Waals surface area (Å²) in [6.45, 7) is 4.66. The second-order valence-corrected chi connectivity index (χ2v) is 15.2. The number of nitrogens with one attached hydrogen (secondary N) is 1. The van der Waals surface area contributed by atoms with E-state index in [0.29, 0.717) is 21.5 Å². The summed E-state index contributed by atoms with van der Waals surface area (Å²) in [6, 6.07) is 20.7. The zero-order valence-electron chi connectivity index (χ0n) is 27.3. The highest BCUT2D eigenvalue weighted by atomic mass is 35.5. The van der Waals surface area contributed by atoms with Crippen LogP contribution in [0, 0.1) is 12.8 Å². The van der Waals surface area contributed by atoms with Crippen molar-refractivity contribution in [3.05, 3.63) is 128 Å². The number of hydrogen-bond acceptors (Lipinski definition) is 4. The molecule has 0 saturated carbocycles. The van der Waals surface area contributed by atoms with Crippen LogP contribution >= 0.6 is 34.8 Å². The molecule has 4 aromatic carbocycles. The van der Waals surface area contributed by atoms with Crippen molar-refractivity contribution in [2.45, 2.75) is 50.9 Å². The number of carbonyl (C=O) groups excluding carboxylic acids is 2. The van der Waals surface area contributed by atoms with E-state index >= 15 is 0 Å². The molecule has 1 N–H and O–H groups in total. The van der Waals surface area contributed by atoms with Crippen LogP contribution in [0.3, 0.4) is 0 Å². The van der Waals surface area contributed by atoms with Crippen LogP contribution in [0.1, 0.15) is 36.1 Å². The summed E-state index contributed by atoms with van der Waals surface area (Å²) in [4.78, 5) is 29.4. The summed E-state index contributed by atoms with van der Waals surface area (Å²) in [5, 5.41) is 2.66. The van der Waals surface area contributed by atoms with E-state index in [1.165, 1.54) is 41.3 Å². The van der Waals surface area contributed by atoms with Gasteiger partial charge in [0.1, 0.15) is 12.6 Å². The topological polar surface area (TPSA) is 86.8 Å². The Kier molecular flexibility index (Phi) is 12.9. The summed E-state index contributed by atoms with van der Waals surface area (Å²) >= 11 is 18.3. The number of carbonyl (C=O) groups is 2. The molecule has 266 valence electrons. The molecule has 7 nitrogen and oxygen atoms in total. The zero-order valence-corrected chi connectivity index (χ0v) is 30.4. The third kappa shape index (κ3) is 9.93. The SMILES string of the molecule is Cc1ccc(S(=O)(=O)N(CC(=O)N(Cc2ccc(Cl)c(Cl)c2)[C@H](Cc2ccccc2)C(=O)NCC(C)C)c2ccc(Cl)c(C(F)(F)F)c2)cc1. The average molecular weight is 769 g/mol. The molecule has 0 fully saturated rings. The van der Waals surface area contributed by atoms with Crippen LogP contribution in [0.25, 0.3) is 0 Å². The van der Waals surface area contributed by atoms with Gasteiger partial charge in [0.2, 0.25) is 11.8 Å². The van der Waals surface area contributed by atoms with Crippen LogP contribution < -0.4 is 9.62 Å². The van der Waals surface area contributed by atoms with Crippen LogP contribution in [-0.2, 0) is 38.8 Å². The summed E-state index contributed by atoms with van der Waals surface area (Å²) < 4.78 is 70.9. The Bertz CT molecular complexity index is 1930. The molecule has 0 aliphatic heterocycles. The van der Waals surface area contributed by atoms with Gasteiger partial charge in [-0.15, -0.1) is 0 Å². The van der Waals surface area contributed by atoms with Crippen molar-refractivity contribution in [2.75, 3.05) is 17.4 Å². The minimum absolute atomic E-state index is 0.0434. The number of benzene rings is 4. The summed E-state index contributed by atoms with van der Waals surface area (Å²) in [6.07, 6.45) is -4.88. The van der Waals surface area contributed by atoms with Crippen molar-refractivity contribution in [1.82, 2.24) is 10.2 Å². The zero-order chi connectivity index (χ0) is 36.8. The first-order chi connectivity index (χ1) is 23.5. The molecular weight excluding hydrogens is 734 g/mol. The second kappa shape index (κ2) is 16.5. The van der Waals surface area contributed by atoms with E-state index in [-0.39, 0.29) is 40.4 Å². The molecule has 0 bridgehead atoms. The van der Waals surface area contributed by atoms with Gasteiger partial charge in [-0.25, -0.2) is 8.42 Å². The first-order valence-electron chi connectivity index (χ1n) is 15.5. The number of halogens is 6. The highest BCUT2D eigenvalue weighted by Crippen LogP contribution is 2.38. The molecule has 0 saturated heterocycles. The van der Waals surface area contributed by atoms with Crippen LogP contribution in [0.5, 0.6) is 0 Å². The molecule has 0 spiro atoms. The number of rotatable bonds is 13. The van der Waals surface area contributed by atoms with Crippen molar-refractivity contribution < 1.29 is 31.2 Å². The van der Waals surface area contributed by atoms with Gasteiger partial charge in [0.05, 0.1) is 31.2 Å². The lowest BCUT2D eigenvalue weighted by atomic mass is 10.0. The third-order valence-corrected chi connectivity index (χ3v) is 10.6. The van der Waals surface area contributed by atoms with Crippen LogP contribution in [0.15, 0.2) is 95.9 Å². The van der Waals surface area contributed by atoms with Gasteiger partial charge in [-0.1, -0.05) is 103 Å². The first-order valence-corrected chi connectivity index (χ1v) is 18.1. The number of alkyl halides is 3. The molecular formula is C36H35Cl3F3N3O4S. The first kappa shape index (κ1) is 39.0. The normalized spacial score (nSPS) is 12.4. The Labute approximate surface area is 305 Å². The van der Waals surface area contributed by atoms with Gasteiger partial charge in [0.25, 0.3) is 10.0 Å². The van der Waals surface area contributed by atoms with Crippen LogP contribution in [-0.4, -0.2) is 44.3 Å². The molecule has 1 atom stereocenters. The number of sulfonamides is 1. The molecule has 0 aliphatic carbocycles. The summed E-state index contributed by atoms with van der Waals surface area (Å²) in [5.74, 6) is -1.30. The fraction of sp³-hybridized carbons (Fsp3) is 0.278. The Balaban J connectivity index is 1.87. The molecule has 4 aromatic rings. The van der Waals surface area contributed by atoms with E-state index in [4.69, 9.17) is 34.8 Å². The molecule has 0 unspecified atom stereocenters. The van der Waals surface area contributed by atoms with Crippen molar-refractivity contribution in [1.29, 1.82) is 0 Å². The van der Waals surface area contributed by atoms with Gasteiger partial charge in [0.15, 0.2) is 0 Å². The largest absolute Gasteiger partial charge is 0.417 e. The second-order valence-electron chi connectivity index (χ2n) is 12.1. The quantitative estimate of drug-likeness (QED) is 0.148. The Morgan fingerprint density at radius 2 is 1.46 bits per heavy atom. The number of aryl methyl sites for hydroxylation is 1. The van der Waals surface area contributed by atoms with E-state index in [1.807, 2.05) is 13.8 Å². The number of amides is 2. The van der Waals surface area contributed by atoms with E-state index in [2.05, 4.69) is 5.32 Å². The lowest BCUT2D eigenvalue weighted by molar-refractivity contribution is -0.140. The Morgan fingerprint density at radius 3 is 2.06 bits per heavy atom. The van der Waals surface area contributed by atoms with E-state index in [1.54, 1.807) is 43.3 Å². The minimum atomic E-state index is -4.93. The molecule has 0 aromatic heterocycles. The molecule has 50 heavy (non-hydrogen) atoms. The van der Waals surface area contributed by atoms with Crippen molar-refractivity contribution in [3.63, 3.8) is 0 Å². The van der Waals surface area contributed by atoms with E-state index < -0.39 is 56.9 Å². The third-order valence-electron chi connectivity index (χ3n) is 7.72. The monoisotopic (exact) mass is 767 g/mol. The lowest BCUT2D eigenvalue weighted by Gasteiger charge is -2.34. The molecule has 0 radical (unpaired) electrons. The molecule has 0 aliphatic rings. The fourth-order valence-electron chi connectivity index (χ4n) is 5.06.